The molecule has 1 aromatic rings. The number of primary amides is 1. The van der Waals surface area contributed by atoms with E-state index in [9.17, 15) is 4.79 Å². The van der Waals surface area contributed by atoms with Gasteiger partial charge in [0.2, 0.25) is 5.91 Å². The van der Waals surface area contributed by atoms with Gasteiger partial charge >= 0.3 is 0 Å². The number of anilines is 1. The van der Waals surface area contributed by atoms with E-state index in [-0.39, 0.29) is 11.9 Å². The molecule has 1 atom stereocenters. The number of para-hydroxylation sites is 1. The summed E-state index contributed by atoms with van der Waals surface area (Å²) in [6.07, 6.45) is 4.49. The van der Waals surface area contributed by atoms with Crippen LogP contribution in [0, 0.1) is 0 Å². The molecule has 0 fully saturated rings. The van der Waals surface area contributed by atoms with Crippen LogP contribution in [0.3, 0.4) is 0 Å². The van der Waals surface area contributed by atoms with E-state index in [1.807, 2.05) is 0 Å². The number of hydrogen-bond donors (Lipinski definition) is 2. The van der Waals surface area contributed by atoms with Crippen molar-refractivity contribution in [3.05, 3.63) is 29.8 Å². The van der Waals surface area contributed by atoms with Gasteiger partial charge in [0.15, 0.2) is 0 Å². The van der Waals surface area contributed by atoms with Gasteiger partial charge in [-0.3, -0.25) is 4.79 Å². The summed E-state index contributed by atoms with van der Waals surface area (Å²) in [5, 5.41) is 3.25. The van der Waals surface area contributed by atoms with Crippen LogP contribution in [0.15, 0.2) is 24.3 Å². The molecule has 4 nitrogen and oxygen atoms in total. The fourth-order valence-electron chi connectivity index (χ4n) is 2.75. The SMILES string of the molecule is CCCNC(CN1CCCCc2ccccc21)C(N)=O. The molecule has 1 unspecified atom stereocenters. The Morgan fingerprint density at radius 2 is 2.20 bits per heavy atom. The highest BCUT2D eigenvalue weighted by Crippen LogP contribution is 2.26. The quantitative estimate of drug-likeness (QED) is 0.830. The average molecular weight is 275 g/mol. The summed E-state index contributed by atoms with van der Waals surface area (Å²) in [5.41, 5.74) is 8.16. The second-order valence-corrected chi connectivity index (χ2v) is 5.44. The van der Waals surface area contributed by atoms with E-state index in [2.05, 4.69) is 41.4 Å². The topological polar surface area (TPSA) is 58.4 Å². The fourth-order valence-corrected chi connectivity index (χ4v) is 2.75. The molecule has 1 heterocycles. The number of nitrogens with zero attached hydrogens (tertiary/aromatic N) is 1. The molecule has 3 N–H and O–H groups in total. The average Bonchev–Trinajstić information content (AvgIpc) is 2.65. The standard InChI is InChI=1S/C16H25N3O/c1-2-10-18-14(16(17)20)12-19-11-6-5-8-13-7-3-4-9-15(13)19/h3-4,7,9,14,18H,2,5-6,8,10-12H2,1H3,(H2,17,20). The van der Waals surface area contributed by atoms with Crippen LogP contribution in [-0.4, -0.2) is 31.6 Å². The highest BCUT2D eigenvalue weighted by atomic mass is 16.1. The van der Waals surface area contributed by atoms with Crippen LogP contribution in [0.25, 0.3) is 0 Å². The Morgan fingerprint density at radius 1 is 1.40 bits per heavy atom. The molecule has 2 rings (SSSR count). The molecule has 0 saturated carbocycles. The minimum Gasteiger partial charge on any atom is -0.369 e. The van der Waals surface area contributed by atoms with Crippen molar-refractivity contribution in [3.8, 4) is 0 Å². The van der Waals surface area contributed by atoms with E-state index in [1.165, 1.54) is 17.7 Å². The van der Waals surface area contributed by atoms with Crippen molar-refractivity contribution in [1.29, 1.82) is 0 Å². The first-order chi connectivity index (χ1) is 9.72. The Labute approximate surface area is 121 Å². The maximum absolute atomic E-state index is 11.6. The van der Waals surface area contributed by atoms with Gasteiger partial charge in [-0.25, -0.2) is 0 Å². The van der Waals surface area contributed by atoms with Crippen molar-refractivity contribution in [2.24, 2.45) is 5.73 Å². The molecule has 0 aromatic heterocycles. The van der Waals surface area contributed by atoms with Crippen molar-refractivity contribution in [3.63, 3.8) is 0 Å². The summed E-state index contributed by atoms with van der Waals surface area (Å²) >= 11 is 0. The number of hydrogen-bond acceptors (Lipinski definition) is 3. The summed E-state index contributed by atoms with van der Waals surface area (Å²) in [5.74, 6) is -0.264. The first kappa shape index (κ1) is 14.9. The molecule has 1 aliphatic heterocycles. The molecular weight excluding hydrogens is 250 g/mol. The summed E-state index contributed by atoms with van der Waals surface area (Å²) < 4.78 is 0. The molecule has 1 amide bonds. The minimum absolute atomic E-state index is 0.264. The van der Waals surface area contributed by atoms with Gasteiger partial charge in [-0.1, -0.05) is 25.1 Å². The Kier molecular flexibility index (Phi) is 5.41. The lowest BCUT2D eigenvalue weighted by Crippen LogP contribution is -2.49. The molecule has 20 heavy (non-hydrogen) atoms. The zero-order valence-corrected chi connectivity index (χ0v) is 12.3. The van der Waals surface area contributed by atoms with Crippen LogP contribution >= 0.6 is 0 Å². The molecule has 0 bridgehead atoms. The molecule has 1 aliphatic rings. The summed E-state index contributed by atoms with van der Waals surface area (Å²) in [6.45, 7) is 4.57. The molecular formula is C16H25N3O. The van der Waals surface area contributed by atoms with Crippen molar-refractivity contribution in [1.82, 2.24) is 5.32 Å². The maximum atomic E-state index is 11.6. The van der Waals surface area contributed by atoms with E-state index in [0.29, 0.717) is 6.54 Å². The molecule has 4 heteroatoms. The van der Waals surface area contributed by atoms with Crippen molar-refractivity contribution >= 4 is 11.6 Å². The normalized spacial score (nSPS) is 16.4. The molecule has 1 aromatic carbocycles. The Hall–Kier alpha value is -1.55. The lowest BCUT2D eigenvalue weighted by atomic mass is 10.1. The van der Waals surface area contributed by atoms with Crippen LogP contribution in [-0.2, 0) is 11.2 Å². The number of carbonyl (C=O) groups is 1. The molecule has 110 valence electrons. The van der Waals surface area contributed by atoms with Gasteiger partial charge in [-0.2, -0.15) is 0 Å². The summed E-state index contributed by atoms with van der Waals surface area (Å²) in [6, 6.07) is 8.21. The van der Waals surface area contributed by atoms with Gasteiger partial charge in [-0.05, 0) is 43.9 Å². The number of aryl methyl sites for hydroxylation is 1. The zero-order chi connectivity index (χ0) is 14.4. The van der Waals surface area contributed by atoms with E-state index in [1.54, 1.807) is 0 Å². The van der Waals surface area contributed by atoms with Crippen LogP contribution in [0.2, 0.25) is 0 Å². The van der Waals surface area contributed by atoms with E-state index in [4.69, 9.17) is 5.73 Å². The number of rotatable bonds is 6. The summed E-state index contributed by atoms with van der Waals surface area (Å²) in [4.78, 5) is 13.9. The van der Waals surface area contributed by atoms with Gasteiger partial charge in [0.05, 0.1) is 0 Å². The highest BCUT2D eigenvalue weighted by molar-refractivity contribution is 5.80. The Balaban J connectivity index is 2.12. The molecule has 0 saturated heterocycles. The van der Waals surface area contributed by atoms with E-state index in [0.717, 1.165) is 32.4 Å². The van der Waals surface area contributed by atoms with Crippen molar-refractivity contribution in [2.75, 3.05) is 24.5 Å². The van der Waals surface area contributed by atoms with Crippen molar-refractivity contribution in [2.45, 2.75) is 38.6 Å². The summed E-state index contributed by atoms with van der Waals surface area (Å²) in [7, 11) is 0. The van der Waals surface area contributed by atoms with Gasteiger partial charge in [0.1, 0.15) is 6.04 Å². The number of nitrogens with two attached hydrogens (primary N) is 1. The second-order valence-electron chi connectivity index (χ2n) is 5.44. The number of fused-ring (bicyclic) bond motifs is 1. The van der Waals surface area contributed by atoms with Crippen LogP contribution in [0.1, 0.15) is 31.7 Å². The lowest BCUT2D eigenvalue weighted by molar-refractivity contribution is -0.119. The van der Waals surface area contributed by atoms with Gasteiger partial charge in [0.25, 0.3) is 0 Å². The molecule has 0 radical (unpaired) electrons. The van der Waals surface area contributed by atoms with Gasteiger partial charge in [-0.15, -0.1) is 0 Å². The van der Waals surface area contributed by atoms with Gasteiger partial charge in [0, 0.05) is 18.8 Å². The predicted molar refractivity (Wildman–Crippen MR) is 82.9 cm³/mol. The number of benzene rings is 1. The van der Waals surface area contributed by atoms with E-state index < -0.39 is 0 Å². The van der Waals surface area contributed by atoms with Crippen LogP contribution in [0.5, 0.6) is 0 Å². The maximum Gasteiger partial charge on any atom is 0.236 e. The fraction of sp³-hybridized carbons (Fsp3) is 0.562. The van der Waals surface area contributed by atoms with Crippen LogP contribution < -0.4 is 16.0 Å². The van der Waals surface area contributed by atoms with Crippen molar-refractivity contribution < 1.29 is 4.79 Å². The first-order valence-electron chi connectivity index (χ1n) is 7.58. The smallest absolute Gasteiger partial charge is 0.236 e. The monoisotopic (exact) mass is 275 g/mol. The molecule has 0 spiro atoms. The number of carbonyl (C=O) groups excluding carboxylic acids is 1. The zero-order valence-electron chi connectivity index (χ0n) is 12.3. The Morgan fingerprint density at radius 3 is 2.95 bits per heavy atom. The third-order valence-corrected chi connectivity index (χ3v) is 3.84. The highest BCUT2D eigenvalue weighted by Gasteiger charge is 2.21. The largest absolute Gasteiger partial charge is 0.369 e. The number of amides is 1. The Bertz CT molecular complexity index is 447. The molecule has 0 aliphatic carbocycles. The third kappa shape index (κ3) is 3.73. The number of nitrogens with one attached hydrogen (secondary N) is 1. The lowest BCUT2D eigenvalue weighted by Gasteiger charge is -2.28. The second kappa shape index (κ2) is 7.29. The van der Waals surface area contributed by atoms with E-state index >= 15 is 0 Å². The van der Waals surface area contributed by atoms with Crippen LogP contribution in [0.4, 0.5) is 5.69 Å². The van der Waals surface area contributed by atoms with Gasteiger partial charge < -0.3 is 16.0 Å². The minimum atomic E-state index is -0.277. The first-order valence-corrected chi connectivity index (χ1v) is 7.58. The predicted octanol–water partition coefficient (Wildman–Crippen LogP) is 1.68. The third-order valence-electron chi connectivity index (χ3n) is 3.84.